The molecule has 26 heavy (non-hydrogen) atoms. The van der Waals surface area contributed by atoms with Gasteiger partial charge in [0.25, 0.3) is 0 Å². The number of hydrogen-bond acceptors (Lipinski definition) is 5. The maximum atomic E-state index is 12.6. The normalized spacial score (nSPS) is 19.2. The summed E-state index contributed by atoms with van der Waals surface area (Å²) >= 11 is 0. The molecule has 0 saturated heterocycles. The molecule has 1 aromatic rings. The smallest absolute Gasteiger partial charge is 0.414 e. The van der Waals surface area contributed by atoms with Crippen LogP contribution >= 0.6 is 0 Å². The van der Waals surface area contributed by atoms with Crippen LogP contribution in [0.2, 0.25) is 0 Å². The lowest BCUT2D eigenvalue weighted by atomic mass is 9.91. The van der Waals surface area contributed by atoms with Crippen molar-refractivity contribution >= 4 is 23.4 Å². The lowest BCUT2D eigenvalue weighted by Gasteiger charge is -2.41. The van der Waals surface area contributed by atoms with Crippen LogP contribution in [-0.4, -0.2) is 43.3 Å². The molecule has 1 aromatic carbocycles. The van der Waals surface area contributed by atoms with E-state index in [9.17, 15) is 9.59 Å². The number of amides is 2. The molecule has 3 atom stereocenters. The minimum absolute atomic E-state index is 0.0339. The summed E-state index contributed by atoms with van der Waals surface area (Å²) in [5.41, 5.74) is 14.2. The van der Waals surface area contributed by atoms with Crippen LogP contribution < -0.4 is 21.3 Å². The summed E-state index contributed by atoms with van der Waals surface area (Å²) in [4.78, 5) is 28.1. The highest BCUT2D eigenvalue weighted by Crippen LogP contribution is 2.38. The van der Waals surface area contributed by atoms with Gasteiger partial charge >= 0.3 is 6.09 Å². The molecule has 0 radical (unpaired) electrons. The van der Waals surface area contributed by atoms with Gasteiger partial charge in [0, 0.05) is 32.0 Å². The number of rotatable bonds is 4. The van der Waals surface area contributed by atoms with E-state index in [0.29, 0.717) is 24.5 Å². The Kier molecular flexibility index (Phi) is 6.26. The Morgan fingerprint density at radius 3 is 2.42 bits per heavy atom. The quantitative estimate of drug-likeness (QED) is 0.855. The third-order valence-electron chi connectivity index (χ3n) is 4.65. The van der Waals surface area contributed by atoms with Crippen LogP contribution in [0.25, 0.3) is 0 Å². The number of anilines is 2. The Balaban J connectivity index is 2.55. The first-order valence-electron chi connectivity index (χ1n) is 9.04. The van der Waals surface area contributed by atoms with Gasteiger partial charge in [-0.3, -0.25) is 9.69 Å². The molecule has 0 bridgehead atoms. The summed E-state index contributed by atoms with van der Waals surface area (Å²) in [7, 11) is 0. The molecule has 7 nitrogen and oxygen atoms in total. The number of carbonyl (C=O) groups excluding carboxylic acids is 2. The van der Waals surface area contributed by atoms with Crippen LogP contribution in [0.3, 0.4) is 0 Å². The molecule has 2 amide bonds. The Morgan fingerprint density at radius 1 is 1.27 bits per heavy atom. The van der Waals surface area contributed by atoms with Crippen LogP contribution in [0.5, 0.6) is 0 Å². The van der Waals surface area contributed by atoms with Gasteiger partial charge in [0.1, 0.15) is 0 Å². The van der Waals surface area contributed by atoms with Crippen molar-refractivity contribution in [2.45, 2.75) is 58.7 Å². The molecule has 1 heterocycles. The van der Waals surface area contributed by atoms with Crippen LogP contribution in [-0.2, 0) is 9.53 Å². The maximum Gasteiger partial charge on any atom is 0.414 e. The van der Waals surface area contributed by atoms with Gasteiger partial charge in [0.2, 0.25) is 5.91 Å². The highest BCUT2D eigenvalue weighted by atomic mass is 16.6. The average Bonchev–Trinajstić information content (AvgIpc) is 2.53. The number of benzene rings is 1. The Labute approximate surface area is 155 Å². The summed E-state index contributed by atoms with van der Waals surface area (Å²) in [6, 6.07) is 5.42. The van der Waals surface area contributed by atoms with Gasteiger partial charge < -0.3 is 21.1 Å². The molecule has 0 saturated carbocycles. The maximum absolute atomic E-state index is 12.6. The third kappa shape index (κ3) is 3.99. The van der Waals surface area contributed by atoms with Crippen LogP contribution in [0.1, 0.15) is 46.1 Å². The fourth-order valence-corrected chi connectivity index (χ4v) is 3.45. The van der Waals surface area contributed by atoms with E-state index in [4.69, 9.17) is 16.2 Å². The monoisotopic (exact) mass is 362 g/mol. The molecule has 4 N–H and O–H groups in total. The highest BCUT2D eigenvalue weighted by molar-refractivity contribution is 6.02. The lowest BCUT2D eigenvalue weighted by Crippen LogP contribution is -2.51. The van der Waals surface area contributed by atoms with E-state index in [0.717, 1.165) is 5.56 Å². The molecule has 1 aliphatic heterocycles. The molecule has 0 spiro atoms. The fourth-order valence-electron chi connectivity index (χ4n) is 3.45. The Morgan fingerprint density at radius 2 is 1.92 bits per heavy atom. The van der Waals surface area contributed by atoms with Crippen molar-refractivity contribution in [2.75, 3.05) is 22.9 Å². The van der Waals surface area contributed by atoms with Crippen molar-refractivity contribution < 1.29 is 14.3 Å². The second-order valence-electron chi connectivity index (χ2n) is 7.23. The number of nitrogens with zero attached hydrogens (tertiary/aromatic N) is 2. The molecule has 1 aliphatic rings. The largest absolute Gasteiger partial charge is 0.446 e. The number of fused-ring (bicyclic) bond motifs is 1. The molecule has 144 valence electrons. The lowest BCUT2D eigenvalue weighted by molar-refractivity contribution is -0.117. The molecular weight excluding hydrogens is 332 g/mol. The number of nitrogens with two attached hydrogens (primary N) is 2. The summed E-state index contributed by atoms with van der Waals surface area (Å²) in [5.74, 6) is -0.0978. The summed E-state index contributed by atoms with van der Waals surface area (Å²) in [6.45, 7) is 9.74. The van der Waals surface area contributed by atoms with Gasteiger partial charge in [0.15, 0.2) is 0 Å². The second kappa shape index (κ2) is 8.05. The van der Waals surface area contributed by atoms with Crippen LogP contribution in [0.4, 0.5) is 16.2 Å². The first kappa shape index (κ1) is 20.2. The van der Waals surface area contributed by atoms with Crippen LogP contribution in [0, 0.1) is 0 Å². The predicted molar refractivity (Wildman–Crippen MR) is 103 cm³/mol. The average molecular weight is 362 g/mol. The first-order valence-corrected chi connectivity index (χ1v) is 9.04. The van der Waals surface area contributed by atoms with Gasteiger partial charge in [-0.05, 0) is 45.4 Å². The zero-order valence-electron chi connectivity index (χ0n) is 16.2. The van der Waals surface area contributed by atoms with Crippen molar-refractivity contribution in [1.29, 1.82) is 0 Å². The van der Waals surface area contributed by atoms with E-state index >= 15 is 0 Å². The van der Waals surface area contributed by atoms with Crippen LogP contribution in [0.15, 0.2) is 18.2 Å². The predicted octanol–water partition coefficient (Wildman–Crippen LogP) is 2.18. The Hall–Kier alpha value is -2.12. The van der Waals surface area contributed by atoms with Crippen molar-refractivity contribution in [3.05, 3.63) is 23.8 Å². The van der Waals surface area contributed by atoms with E-state index < -0.39 is 6.09 Å². The number of hydrogen-bond donors (Lipinski definition) is 2. The van der Waals surface area contributed by atoms with Crippen molar-refractivity contribution in [3.8, 4) is 0 Å². The SMILES string of the molecule is CC(=O)N1c2ccc(C(CN)C(C)N)cc2N(C(=O)OC(C)C)C[C@@H]1C. The third-order valence-corrected chi connectivity index (χ3v) is 4.65. The molecule has 2 unspecified atom stereocenters. The zero-order chi connectivity index (χ0) is 19.6. The standard InChI is InChI=1S/C19H30N4O3/c1-11(2)26-19(25)22-10-12(3)23(14(5)24)17-7-6-15(8-18(17)22)16(9-20)13(4)21/h6-8,11-13,16H,9-10,20-21H2,1-5H3/t12-,13?,16?/m0/s1. The van der Waals surface area contributed by atoms with Gasteiger partial charge in [-0.15, -0.1) is 0 Å². The summed E-state index contributed by atoms with van der Waals surface area (Å²) in [6.07, 6.45) is -0.644. The highest BCUT2D eigenvalue weighted by Gasteiger charge is 2.35. The minimum atomic E-state index is -0.418. The first-order chi connectivity index (χ1) is 12.2. The van der Waals surface area contributed by atoms with E-state index in [1.165, 1.54) is 6.92 Å². The summed E-state index contributed by atoms with van der Waals surface area (Å²) < 4.78 is 5.40. The number of carbonyl (C=O) groups is 2. The molecule has 0 aliphatic carbocycles. The molecule has 0 fully saturated rings. The van der Waals surface area contributed by atoms with E-state index in [2.05, 4.69) is 0 Å². The van der Waals surface area contributed by atoms with E-state index in [1.807, 2.05) is 45.9 Å². The van der Waals surface area contributed by atoms with E-state index in [1.54, 1.807) is 9.80 Å². The van der Waals surface area contributed by atoms with Gasteiger partial charge in [-0.1, -0.05) is 6.07 Å². The van der Waals surface area contributed by atoms with E-state index in [-0.39, 0.29) is 30.0 Å². The zero-order valence-corrected chi connectivity index (χ0v) is 16.2. The van der Waals surface area contributed by atoms with Gasteiger partial charge in [-0.2, -0.15) is 0 Å². The van der Waals surface area contributed by atoms with Crippen molar-refractivity contribution in [3.63, 3.8) is 0 Å². The van der Waals surface area contributed by atoms with Crippen molar-refractivity contribution in [2.24, 2.45) is 11.5 Å². The number of ether oxygens (including phenoxy) is 1. The minimum Gasteiger partial charge on any atom is -0.446 e. The van der Waals surface area contributed by atoms with Gasteiger partial charge in [-0.25, -0.2) is 4.79 Å². The molecule has 2 rings (SSSR count). The Bertz CT molecular complexity index is 675. The molecule has 0 aromatic heterocycles. The summed E-state index contributed by atoms with van der Waals surface area (Å²) in [5, 5.41) is 0. The van der Waals surface area contributed by atoms with Gasteiger partial charge in [0.05, 0.1) is 23.5 Å². The second-order valence-corrected chi connectivity index (χ2v) is 7.23. The van der Waals surface area contributed by atoms with Crippen molar-refractivity contribution in [1.82, 2.24) is 0 Å². The molecule has 7 heteroatoms. The topological polar surface area (TPSA) is 102 Å². The fraction of sp³-hybridized carbons (Fsp3) is 0.579. The molecular formula is C19H30N4O3.